The van der Waals surface area contributed by atoms with E-state index in [0.29, 0.717) is 6.42 Å². The summed E-state index contributed by atoms with van der Waals surface area (Å²) in [7, 11) is 1.98. The number of unbranched alkanes of at least 4 members (excludes halogenated alkanes) is 1. The lowest BCUT2D eigenvalue weighted by molar-refractivity contribution is 0.0971. The molecule has 0 aliphatic rings. The van der Waals surface area contributed by atoms with Crippen molar-refractivity contribution in [3.63, 3.8) is 0 Å². The van der Waals surface area contributed by atoms with Crippen LogP contribution >= 0.6 is 0 Å². The molecule has 0 aliphatic carbocycles. The summed E-state index contributed by atoms with van der Waals surface area (Å²) < 4.78 is 2.03. The standard InChI is InChI=1S/C15H19NO/c1-4-5-10-14(17)15-11(2)12-8-6-7-9-13(12)16(15)3/h6-9H,4-5,10H2,1-3H3. The first-order valence-electron chi connectivity index (χ1n) is 6.24. The van der Waals surface area contributed by atoms with Crippen LogP contribution in [-0.4, -0.2) is 10.4 Å². The minimum Gasteiger partial charge on any atom is -0.341 e. The van der Waals surface area contributed by atoms with Crippen molar-refractivity contribution in [2.45, 2.75) is 33.1 Å². The Morgan fingerprint density at radius 2 is 2.00 bits per heavy atom. The summed E-state index contributed by atoms with van der Waals surface area (Å²) in [6.07, 6.45) is 2.69. The number of hydrogen-bond acceptors (Lipinski definition) is 1. The van der Waals surface area contributed by atoms with Crippen molar-refractivity contribution in [3.05, 3.63) is 35.5 Å². The monoisotopic (exact) mass is 229 g/mol. The van der Waals surface area contributed by atoms with Crippen LogP contribution in [0.4, 0.5) is 0 Å². The predicted molar refractivity (Wildman–Crippen MR) is 71.5 cm³/mol. The van der Waals surface area contributed by atoms with Gasteiger partial charge < -0.3 is 4.57 Å². The van der Waals surface area contributed by atoms with Crippen LogP contribution in [0, 0.1) is 6.92 Å². The maximum absolute atomic E-state index is 12.2. The van der Waals surface area contributed by atoms with E-state index in [1.807, 2.05) is 30.7 Å². The van der Waals surface area contributed by atoms with E-state index in [9.17, 15) is 4.79 Å². The summed E-state index contributed by atoms with van der Waals surface area (Å²) >= 11 is 0. The van der Waals surface area contributed by atoms with Gasteiger partial charge in [-0.2, -0.15) is 0 Å². The molecule has 0 aliphatic heterocycles. The van der Waals surface area contributed by atoms with Gasteiger partial charge in [-0.05, 0) is 25.0 Å². The zero-order chi connectivity index (χ0) is 12.4. The quantitative estimate of drug-likeness (QED) is 0.730. The van der Waals surface area contributed by atoms with E-state index in [2.05, 4.69) is 19.1 Å². The van der Waals surface area contributed by atoms with Crippen LogP contribution in [-0.2, 0) is 7.05 Å². The van der Waals surface area contributed by atoms with Crippen molar-refractivity contribution in [3.8, 4) is 0 Å². The highest BCUT2D eigenvalue weighted by Crippen LogP contribution is 2.25. The molecule has 0 fully saturated rings. The van der Waals surface area contributed by atoms with Gasteiger partial charge in [0.05, 0.1) is 5.69 Å². The molecule has 2 heteroatoms. The van der Waals surface area contributed by atoms with E-state index in [1.165, 1.54) is 5.39 Å². The fraction of sp³-hybridized carbons (Fsp3) is 0.400. The SMILES string of the molecule is CCCCC(=O)c1c(C)c2ccccc2n1C. The summed E-state index contributed by atoms with van der Waals surface area (Å²) in [4.78, 5) is 12.2. The van der Waals surface area contributed by atoms with E-state index in [4.69, 9.17) is 0 Å². The van der Waals surface area contributed by atoms with Crippen LogP contribution in [0.1, 0.15) is 42.2 Å². The summed E-state index contributed by atoms with van der Waals surface area (Å²) in [5.74, 6) is 0.267. The number of benzene rings is 1. The number of fused-ring (bicyclic) bond motifs is 1. The molecule has 90 valence electrons. The largest absolute Gasteiger partial charge is 0.341 e. The Hall–Kier alpha value is -1.57. The molecular formula is C15H19NO. The maximum atomic E-state index is 12.2. The van der Waals surface area contributed by atoms with Gasteiger partial charge in [0.2, 0.25) is 0 Å². The lowest BCUT2D eigenvalue weighted by Crippen LogP contribution is -2.07. The fourth-order valence-electron chi connectivity index (χ4n) is 2.43. The van der Waals surface area contributed by atoms with Gasteiger partial charge in [-0.1, -0.05) is 31.5 Å². The number of aromatic nitrogens is 1. The van der Waals surface area contributed by atoms with E-state index in [-0.39, 0.29) is 5.78 Å². The van der Waals surface area contributed by atoms with Gasteiger partial charge in [0.1, 0.15) is 0 Å². The first-order chi connectivity index (χ1) is 8.16. The highest BCUT2D eigenvalue weighted by Gasteiger charge is 2.16. The fourth-order valence-corrected chi connectivity index (χ4v) is 2.43. The third-order valence-electron chi connectivity index (χ3n) is 3.38. The maximum Gasteiger partial charge on any atom is 0.179 e. The molecule has 0 radical (unpaired) electrons. The molecule has 0 spiro atoms. The molecule has 0 amide bonds. The molecule has 17 heavy (non-hydrogen) atoms. The normalized spacial score (nSPS) is 11.0. The highest BCUT2D eigenvalue weighted by molar-refractivity contribution is 6.02. The average Bonchev–Trinajstić information content (AvgIpc) is 2.60. The Balaban J connectivity index is 2.50. The molecule has 0 saturated heterocycles. The van der Waals surface area contributed by atoms with Gasteiger partial charge in [-0.15, -0.1) is 0 Å². The first kappa shape index (κ1) is 11.9. The van der Waals surface area contributed by atoms with Crippen molar-refractivity contribution >= 4 is 16.7 Å². The Morgan fingerprint density at radius 3 is 2.65 bits per heavy atom. The van der Waals surface area contributed by atoms with Crippen LogP contribution in [0.15, 0.2) is 24.3 Å². The minimum atomic E-state index is 0.267. The minimum absolute atomic E-state index is 0.267. The van der Waals surface area contributed by atoms with E-state index in [0.717, 1.165) is 29.6 Å². The number of ketones is 1. The van der Waals surface area contributed by atoms with E-state index >= 15 is 0 Å². The van der Waals surface area contributed by atoms with E-state index < -0.39 is 0 Å². The number of para-hydroxylation sites is 1. The van der Waals surface area contributed by atoms with Crippen molar-refractivity contribution in [2.24, 2.45) is 7.05 Å². The molecule has 1 aromatic heterocycles. The smallest absolute Gasteiger partial charge is 0.179 e. The predicted octanol–water partition coefficient (Wildman–Crippen LogP) is 3.86. The number of hydrogen-bond donors (Lipinski definition) is 0. The Kier molecular flexibility index (Phi) is 3.32. The number of aryl methyl sites for hydroxylation is 2. The van der Waals surface area contributed by atoms with Crippen molar-refractivity contribution in [2.75, 3.05) is 0 Å². The lowest BCUT2D eigenvalue weighted by Gasteiger charge is -2.04. The summed E-state index contributed by atoms with van der Waals surface area (Å²) in [6.45, 7) is 4.16. The van der Waals surface area contributed by atoms with Crippen molar-refractivity contribution < 1.29 is 4.79 Å². The third-order valence-corrected chi connectivity index (χ3v) is 3.38. The number of Topliss-reactive ketones (excluding diaryl/α,β-unsaturated/α-hetero) is 1. The molecule has 0 N–H and O–H groups in total. The van der Waals surface area contributed by atoms with Crippen molar-refractivity contribution in [1.29, 1.82) is 0 Å². The number of carbonyl (C=O) groups excluding carboxylic acids is 1. The van der Waals surface area contributed by atoms with Gasteiger partial charge in [0.15, 0.2) is 5.78 Å². The Bertz CT molecular complexity index is 512. The van der Waals surface area contributed by atoms with Gasteiger partial charge in [-0.3, -0.25) is 4.79 Å². The Labute approximate surface area is 102 Å². The second-order valence-electron chi connectivity index (χ2n) is 4.58. The molecule has 2 rings (SSSR count). The van der Waals surface area contributed by atoms with Crippen molar-refractivity contribution in [1.82, 2.24) is 4.57 Å². The van der Waals surface area contributed by atoms with Crippen LogP contribution < -0.4 is 0 Å². The lowest BCUT2D eigenvalue weighted by atomic mass is 10.1. The highest BCUT2D eigenvalue weighted by atomic mass is 16.1. The molecule has 2 nitrogen and oxygen atoms in total. The summed E-state index contributed by atoms with van der Waals surface area (Å²) in [5, 5.41) is 1.19. The number of nitrogens with zero attached hydrogens (tertiary/aromatic N) is 1. The molecule has 0 atom stereocenters. The number of carbonyl (C=O) groups is 1. The third kappa shape index (κ3) is 1.99. The molecule has 0 bridgehead atoms. The first-order valence-corrected chi connectivity index (χ1v) is 6.24. The van der Waals surface area contributed by atoms with Crippen LogP contribution in [0.5, 0.6) is 0 Å². The van der Waals surface area contributed by atoms with Crippen LogP contribution in [0.3, 0.4) is 0 Å². The van der Waals surface area contributed by atoms with E-state index in [1.54, 1.807) is 0 Å². The zero-order valence-corrected chi connectivity index (χ0v) is 10.8. The van der Waals surface area contributed by atoms with Gasteiger partial charge >= 0.3 is 0 Å². The average molecular weight is 229 g/mol. The molecule has 1 heterocycles. The van der Waals surface area contributed by atoms with Gasteiger partial charge in [0, 0.05) is 24.4 Å². The molecule has 2 aromatic rings. The molecule has 0 unspecified atom stereocenters. The number of rotatable bonds is 4. The van der Waals surface area contributed by atoms with Crippen LogP contribution in [0.2, 0.25) is 0 Å². The summed E-state index contributed by atoms with van der Waals surface area (Å²) in [6, 6.07) is 8.19. The van der Waals surface area contributed by atoms with Crippen LogP contribution in [0.25, 0.3) is 10.9 Å². The molecular weight excluding hydrogens is 210 g/mol. The van der Waals surface area contributed by atoms with Gasteiger partial charge in [-0.25, -0.2) is 0 Å². The second kappa shape index (κ2) is 4.74. The summed E-state index contributed by atoms with van der Waals surface area (Å²) in [5.41, 5.74) is 3.13. The van der Waals surface area contributed by atoms with Gasteiger partial charge in [0.25, 0.3) is 0 Å². The topological polar surface area (TPSA) is 22.0 Å². The zero-order valence-electron chi connectivity index (χ0n) is 10.8. The Morgan fingerprint density at radius 1 is 1.29 bits per heavy atom. The molecule has 1 aromatic carbocycles. The molecule has 0 saturated carbocycles. The second-order valence-corrected chi connectivity index (χ2v) is 4.58.